The fourth-order valence-corrected chi connectivity index (χ4v) is 3.54. The molecule has 9 nitrogen and oxygen atoms in total. The van der Waals surface area contributed by atoms with Gasteiger partial charge < -0.3 is 10.6 Å². The minimum atomic E-state index is -0.377. The zero-order valence-electron chi connectivity index (χ0n) is 18.8. The Kier molecular flexibility index (Phi) is 6.51. The van der Waals surface area contributed by atoms with E-state index in [0.717, 1.165) is 11.1 Å². The molecule has 0 aliphatic carbocycles. The summed E-state index contributed by atoms with van der Waals surface area (Å²) >= 11 is 0. The second-order valence-corrected chi connectivity index (χ2v) is 7.67. The van der Waals surface area contributed by atoms with Gasteiger partial charge in [-0.05, 0) is 54.8 Å². The van der Waals surface area contributed by atoms with Crippen molar-refractivity contribution in [3.8, 4) is 0 Å². The summed E-state index contributed by atoms with van der Waals surface area (Å²) in [5.41, 5.74) is 6.81. The number of fused-ring (bicyclic) bond motifs is 1. The van der Waals surface area contributed by atoms with E-state index in [1.807, 2.05) is 19.9 Å². The van der Waals surface area contributed by atoms with Gasteiger partial charge in [-0.1, -0.05) is 18.2 Å². The summed E-state index contributed by atoms with van der Waals surface area (Å²) in [6.07, 6.45) is 3.01. The van der Waals surface area contributed by atoms with Crippen LogP contribution < -0.4 is 16.1 Å². The van der Waals surface area contributed by atoms with Gasteiger partial charge in [0.2, 0.25) is 0 Å². The van der Waals surface area contributed by atoms with E-state index in [9.17, 15) is 14.0 Å². The first-order valence-corrected chi connectivity index (χ1v) is 10.4. The highest BCUT2D eigenvalue weighted by Gasteiger charge is 2.18. The van der Waals surface area contributed by atoms with E-state index in [0.29, 0.717) is 33.7 Å². The number of hydrogen-bond acceptors (Lipinski definition) is 6. The number of hydrogen-bond donors (Lipinski definition) is 3. The number of aryl methyl sites for hydroxylation is 2. The number of halogens is 1. The molecule has 0 bridgehead atoms. The molecule has 0 spiro atoms. The molecule has 0 saturated heterocycles. The van der Waals surface area contributed by atoms with Crippen LogP contribution >= 0.6 is 0 Å². The number of benzene rings is 2. The van der Waals surface area contributed by atoms with Gasteiger partial charge in [-0.2, -0.15) is 5.10 Å². The fourth-order valence-electron chi connectivity index (χ4n) is 3.54. The molecule has 34 heavy (non-hydrogen) atoms. The Morgan fingerprint density at radius 1 is 1.09 bits per heavy atom. The highest BCUT2D eigenvalue weighted by molar-refractivity contribution is 5.99. The van der Waals surface area contributed by atoms with E-state index < -0.39 is 0 Å². The lowest BCUT2D eigenvalue weighted by molar-refractivity contribution is 0.0537. The zero-order chi connectivity index (χ0) is 24.2. The lowest BCUT2D eigenvalue weighted by atomic mass is 10.1. The molecule has 0 aliphatic rings. The lowest BCUT2D eigenvalue weighted by Gasteiger charge is -2.12. The predicted molar refractivity (Wildman–Crippen MR) is 124 cm³/mol. The zero-order valence-corrected chi connectivity index (χ0v) is 18.8. The maximum absolute atomic E-state index is 13.1. The van der Waals surface area contributed by atoms with Gasteiger partial charge in [0.1, 0.15) is 17.7 Å². The minimum absolute atomic E-state index is 0.261. The second kappa shape index (κ2) is 9.67. The van der Waals surface area contributed by atoms with Gasteiger partial charge in [0.15, 0.2) is 5.82 Å². The van der Waals surface area contributed by atoms with E-state index in [-0.39, 0.29) is 24.2 Å². The molecule has 10 heteroatoms. The van der Waals surface area contributed by atoms with Gasteiger partial charge in [-0.3, -0.25) is 14.4 Å². The van der Waals surface area contributed by atoms with Crippen molar-refractivity contribution in [3.63, 3.8) is 0 Å². The molecule has 2 aromatic carbocycles. The highest BCUT2D eigenvalue weighted by atomic mass is 19.1. The van der Waals surface area contributed by atoms with Crippen LogP contribution in [0.25, 0.3) is 5.52 Å². The van der Waals surface area contributed by atoms with Gasteiger partial charge in [0, 0.05) is 24.0 Å². The first-order chi connectivity index (χ1) is 16.4. The molecular formula is C24H23FN6O3. The van der Waals surface area contributed by atoms with E-state index in [4.69, 9.17) is 4.84 Å². The summed E-state index contributed by atoms with van der Waals surface area (Å²) < 4.78 is 14.7. The summed E-state index contributed by atoms with van der Waals surface area (Å²) in [7, 11) is 1.37. The van der Waals surface area contributed by atoms with Crippen LogP contribution in [0.4, 0.5) is 15.9 Å². The third kappa shape index (κ3) is 4.71. The molecule has 2 heterocycles. The van der Waals surface area contributed by atoms with E-state index in [2.05, 4.69) is 26.2 Å². The summed E-state index contributed by atoms with van der Waals surface area (Å²) in [5.74, 6) is -0.508. The molecule has 0 saturated carbocycles. The average molecular weight is 462 g/mol. The van der Waals surface area contributed by atoms with Crippen molar-refractivity contribution in [1.29, 1.82) is 0 Å². The summed E-state index contributed by atoms with van der Waals surface area (Å²) in [6.45, 7) is 3.97. The van der Waals surface area contributed by atoms with Crippen molar-refractivity contribution >= 4 is 28.8 Å². The standard InChI is InChI=1S/C24H23FN6O3/c1-14-4-7-17(23(32)30-34-3)10-20(14)29-22-21-15(2)19(12-31(21)28-13-27-22)24(33)26-11-16-5-8-18(25)9-6-16/h4-10,12-13H,11H2,1-3H3,(H,26,33)(H,30,32)(H,27,28,29). The van der Waals surface area contributed by atoms with Crippen LogP contribution in [0.2, 0.25) is 0 Å². The minimum Gasteiger partial charge on any atom is -0.348 e. The van der Waals surface area contributed by atoms with Gasteiger partial charge in [0.25, 0.3) is 11.8 Å². The molecule has 0 aliphatic heterocycles. The number of nitrogens with one attached hydrogen (secondary N) is 3. The maximum Gasteiger partial charge on any atom is 0.274 e. The van der Waals surface area contributed by atoms with Crippen molar-refractivity contribution in [2.45, 2.75) is 20.4 Å². The van der Waals surface area contributed by atoms with Crippen LogP contribution in [0.15, 0.2) is 55.0 Å². The molecule has 3 N–H and O–H groups in total. The molecule has 0 atom stereocenters. The normalized spacial score (nSPS) is 10.8. The summed E-state index contributed by atoms with van der Waals surface area (Å²) in [5, 5.41) is 10.3. The molecule has 4 rings (SSSR count). The Labute approximate surface area is 194 Å². The van der Waals surface area contributed by atoms with Gasteiger partial charge in [-0.25, -0.2) is 19.4 Å². The number of nitrogens with zero attached hydrogens (tertiary/aromatic N) is 3. The van der Waals surface area contributed by atoms with Crippen molar-refractivity contribution < 1.29 is 18.8 Å². The molecule has 2 amide bonds. The summed E-state index contributed by atoms with van der Waals surface area (Å²) in [4.78, 5) is 34.0. The Bertz CT molecular complexity index is 1370. The molecule has 174 valence electrons. The number of amides is 2. The Morgan fingerprint density at radius 3 is 2.59 bits per heavy atom. The highest BCUT2D eigenvalue weighted by Crippen LogP contribution is 2.27. The predicted octanol–water partition coefficient (Wildman–Crippen LogP) is 3.45. The van der Waals surface area contributed by atoms with Gasteiger partial charge >= 0.3 is 0 Å². The van der Waals surface area contributed by atoms with Crippen LogP contribution in [0.1, 0.15) is 37.4 Å². The van der Waals surface area contributed by atoms with Crippen molar-refractivity contribution in [2.24, 2.45) is 0 Å². The van der Waals surface area contributed by atoms with Gasteiger partial charge in [0.05, 0.1) is 12.7 Å². The monoisotopic (exact) mass is 462 g/mol. The maximum atomic E-state index is 13.1. The molecule has 2 aromatic heterocycles. The molecule has 0 radical (unpaired) electrons. The average Bonchev–Trinajstić information content (AvgIpc) is 3.17. The van der Waals surface area contributed by atoms with Crippen molar-refractivity contribution in [1.82, 2.24) is 25.4 Å². The van der Waals surface area contributed by atoms with Gasteiger partial charge in [-0.15, -0.1) is 0 Å². The topological polar surface area (TPSA) is 110 Å². The van der Waals surface area contributed by atoms with Crippen LogP contribution in [0.5, 0.6) is 0 Å². The number of hydroxylamine groups is 1. The SMILES string of the molecule is CONC(=O)c1ccc(C)c(Nc2ncnn3cc(C(=O)NCc4ccc(F)cc4)c(C)c23)c1. The number of rotatable bonds is 7. The Balaban J connectivity index is 1.61. The van der Waals surface area contributed by atoms with Crippen LogP contribution in [0, 0.1) is 19.7 Å². The largest absolute Gasteiger partial charge is 0.348 e. The lowest BCUT2D eigenvalue weighted by Crippen LogP contribution is -2.23. The van der Waals surface area contributed by atoms with Crippen molar-refractivity contribution in [3.05, 3.63) is 88.6 Å². The van der Waals surface area contributed by atoms with E-state index >= 15 is 0 Å². The molecular weight excluding hydrogens is 439 g/mol. The number of anilines is 2. The molecule has 0 fully saturated rings. The van der Waals surface area contributed by atoms with E-state index in [1.165, 1.54) is 25.6 Å². The van der Waals surface area contributed by atoms with Crippen LogP contribution in [-0.2, 0) is 11.4 Å². The number of carbonyl (C=O) groups excluding carboxylic acids is 2. The van der Waals surface area contributed by atoms with Crippen LogP contribution in [0.3, 0.4) is 0 Å². The van der Waals surface area contributed by atoms with E-state index in [1.54, 1.807) is 35.0 Å². The third-order valence-electron chi connectivity index (χ3n) is 5.39. The first-order valence-electron chi connectivity index (χ1n) is 10.4. The number of aromatic nitrogens is 3. The van der Waals surface area contributed by atoms with Crippen molar-refractivity contribution in [2.75, 3.05) is 12.4 Å². The third-order valence-corrected chi connectivity index (χ3v) is 5.39. The number of carbonyl (C=O) groups is 2. The Morgan fingerprint density at radius 2 is 1.85 bits per heavy atom. The summed E-state index contributed by atoms with van der Waals surface area (Å²) in [6, 6.07) is 11.1. The first kappa shape index (κ1) is 22.9. The smallest absolute Gasteiger partial charge is 0.274 e. The molecule has 0 unspecified atom stereocenters. The molecule has 4 aromatic rings. The Hall–Kier alpha value is -4.31. The van der Waals surface area contributed by atoms with Crippen LogP contribution in [-0.4, -0.2) is 33.5 Å². The fraction of sp³-hybridized carbons (Fsp3) is 0.167. The second-order valence-electron chi connectivity index (χ2n) is 7.67. The quantitative estimate of drug-likeness (QED) is 0.363.